The molecule has 0 spiro atoms. The molecule has 4 nitrogen and oxygen atoms in total. The van der Waals surface area contributed by atoms with Crippen LogP contribution in [0.25, 0.3) is 0 Å². The highest BCUT2D eigenvalue weighted by Crippen LogP contribution is 2.21. The second kappa shape index (κ2) is 8.90. The quantitative estimate of drug-likeness (QED) is 0.725. The number of nitrogens with two attached hydrogens (primary N) is 1. The van der Waals surface area contributed by atoms with Gasteiger partial charge >= 0.3 is 0 Å². The summed E-state index contributed by atoms with van der Waals surface area (Å²) in [6.07, 6.45) is 1.99. The number of anilines is 1. The van der Waals surface area contributed by atoms with Gasteiger partial charge in [-0.3, -0.25) is 4.79 Å². The maximum absolute atomic E-state index is 12.2. The molecule has 21 heavy (non-hydrogen) atoms. The minimum atomic E-state index is -0.201. The van der Waals surface area contributed by atoms with Crippen molar-refractivity contribution in [2.24, 2.45) is 0 Å². The van der Waals surface area contributed by atoms with Gasteiger partial charge in [0, 0.05) is 11.7 Å². The molecule has 1 rings (SSSR count). The Hall–Kier alpha value is -1.26. The summed E-state index contributed by atoms with van der Waals surface area (Å²) in [6, 6.07) is 5.20. The van der Waals surface area contributed by atoms with E-state index in [1.807, 2.05) is 6.92 Å². The lowest BCUT2D eigenvalue weighted by Gasteiger charge is -2.20. The number of nitrogens with zero attached hydrogens (tertiary/aromatic N) is 1. The van der Waals surface area contributed by atoms with Gasteiger partial charge in [0.1, 0.15) is 0 Å². The lowest BCUT2D eigenvalue weighted by atomic mass is 10.1. The van der Waals surface area contributed by atoms with E-state index in [0.29, 0.717) is 16.3 Å². The fourth-order valence-corrected chi connectivity index (χ4v) is 2.58. The number of carbonyl (C=O) groups excluding carboxylic acids is 1. The van der Waals surface area contributed by atoms with E-state index >= 15 is 0 Å². The average Bonchev–Trinajstić information content (AvgIpc) is 2.43. The molecule has 0 fully saturated rings. The maximum atomic E-state index is 12.2. The summed E-state index contributed by atoms with van der Waals surface area (Å²) in [6.45, 7) is 9.51. The van der Waals surface area contributed by atoms with Crippen molar-refractivity contribution >= 4 is 23.2 Å². The molecule has 0 saturated carbocycles. The van der Waals surface area contributed by atoms with Crippen LogP contribution in [0.15, 0.2) is 18.2 Å². The number of rotatable bonds is 8. The third kappa shape index (κ3) is 5.56. The monoisotopic (exact) mass is 311 g/mol. The molecule has 1 aromatic rings. The fourth-order valence-electron chi connectivity index (χ4n) is 2.31. The van der Waals surface area contributed by atoms with Gasteiger partial charge in [-0.15, -0.1) is 0 Å². The number of carbonyl (C=O) groups is 1. The second-order valence-electron chi connectivity index (χ2n) is 5.25. The summed E-state index contributed by atoms with van der Waals surface area (Å²) in [5.41, 5.74) is 6.60. The van der Waals surface area contributed by atoms with Crippen LogP contribution in [0.3, 0.4) is 0 Å². The van der Waals surface area contributed by atoms with Crippen LogP contribution in [-0.4, -0.2) is 36.5 Å². The van der Waals surface area contributed by atoms with Crippen LogP contribution in [0.5, 0.6) is 0 Å². The predicted molar refractivity (Wildman–Crippen MR) is 89.8 cm³/mol. The number of halogens is 1. The Morgan fingerprint density at radius 1 is 1.38 bits per heavy atom. The Morgan fingerprint density at radius 3 is 2.62 bits per heavy atom. The van der Waals surface area contributed by atoms with Gasteiger partial charge < -0.3 is 16.0 Å². The first-order valence-corrected chi connectivity index (χ1v) is 7.94. The molecule has 1 atom stereocenters. The van der Waals surface area contributed by atoms with Crippen molar-refractivity contribution in [1.82, 2.24) is 10.2 Å². The number of nitrogen functional groups attached to an aromatic ring is 1. The molecule has 0 heterocycles. The average molecular weight is 312 g/mol. The van der Waals surface area contributed by atoms with Crippen molar-refractivity contribution in [1.29, 1.82) is 0 Å². The van der Waals surface area contributed by atoms with Crippen LogP contribution in [0, 0.1) is 0 Å². The first kappa shape index (κ1) is 17.8. The van der Waals surface area contributed by atoms with Crippen LogP contribution in [-0.2, 0) is 0 Å². The highest BCUT2D eigenvalue weighted by molar-refractivity contribution is 6.34. The molecule has 0 aliphatic rings. The largest absolute Gasteiger partial charge is 0.398 e. The lowest BCUT2D eigenvalue weighted by Crippen LogP contribution is -2.34. The van der Waals surface area contributed by atoms with Crippen molar-refractivity contribution < 1.29 is 4.79 Å². The zero-order valence-corrected chi connectivity index (χ0v) is 13.9. The summed E-state index contributed by atoms with van der Waals surface area (Å²) >= 11 is 6.04. The van der Waals surface area contributed by atoms with Crippen LogP contribution < -0.4 is 11.1 Å². The van der Waals surface area contributed by atoms with E-state index in [-0.39, 0.29) is 11.9 Å². The van der Waals surface area contributed by atoms with Crippen molar-refractivity contribution in [3.05, 3.63) is 28.8 Å². The molecule has 1 aromatic carbocycles. The standard InChI is InChI=1S/C16H26ClN3O/c1-4-20(5-2)11-7-8-12(3)19-16(21)15-13(17)9-6-10-14(15)18/h6,9-10,12H,4-5,7-8,11,18H2,1-3H3,(H,19,21). The Labute approximate surface area is 132 Å². The molecule has 5 heteroatoms. The molecule has 1 amide bonds. The summed E-state index contributed by atoms with van der Waals surface area (Å²) in [5, 5.41) is 3.36. The van der Waals surface area contributed by atoms with Crippen molar-refractivity contribution in [3.63, 3.8) is 0 Å². The molecule has 0 aromatic heterocycles. The fraction of sp³-hybridized carbons (Fsp3) is 0.562. The number of hydrogen-bond donors (Lipinski definition) is 2. The van der Waals surface area contributed by atoms with Crippen LogP contribution in [0.1, 0.15) is 44.0 Å². The van der Waals surface area contributed by atoms with Gasteiger partial charge in [-0.2, -0.15) is 0 Å². The molecule has 0 aliphatic heterocycles. The Bertz CT molecular complexity index is 441. The smallest absolute Gasteiger partial charge is 0.255 e. The Kier molecular flexibility index (Phi) is 7.54. The first-order valence-electron chi connectivity index (χ1n) is 7.56. The van der Waals surface area contributed by atoms with E-state index in [1.54, 1.807) is 18.2 Å². The van der Waals surface area contributed by atoms with Gasteiger partial charge in [0.2, 0.25) is 0 Å². The second-order valence-corrected chi connectivity index (χ2v) is 5.65. The van der Waals surface area contributed by atoms with Crippen LogP contribution in [0.2, 0.25) is 5.02 Å². The Balaban J connectivity index is 2.47. The molecule has 1 unspecified atom stereocenters. The van der Waals surface area contributed by atoms with Gasteiger partial charge in [0.25, 0.3) is 5.91 Å². The summed E-state index contributed by atoms with van der Waals surface area (Å²) < 4.78 is 0. The summed E-state index contributed by atoms with van der Waals surface area (Å²) in [7, 11) is 0. The molecule has 0 radical (unpaired) electrons. The lowest BCUT2D eigenvalue weighted by molar-refractivity contribution is 0.0938. The van der Waals surface area contributed by atoms with Crippen LogP contribution in [0.4, 0.5) is 5.69 Å². The molecule has 0 aliphatic carbocycles. The van der Waals surface area contributed by atoms with Gasteiger partial charge in [-0.25, -0.2) is 0 Å². The minimum Gasteiger partial charge on any atom is -0.398 e. The Morgan fingerprint density at radius 2 is 2.05 bits per heavy atom. The number of benzene rings is 1. The van der Waals surface area contributed by atoms with Crippen LogP contribution >= 0.6 is 11.6 Å². The maximum Gasteiger partial charge on any atom is 0.255 e. The van der Waals surface area contributed by atoms with Gasteiger partial charge in [-0.05, 0) is 51.5 Å². The SMILES string of the molecule is CCN(CC)CCCC(C)NC(=O)c1c(N)cccc1Cl. The van der Waals surface area contributed by atoms with E-state index in [1.165, 1.54) is 0 Å². The highest BCUT2D eigenvalue weighted by Gasteiger charge is 2.15. The number of nitrogens with one attached hydrogen (secondary N) is 1. The summed E-state index contributed by atoms with van der Waals surface area (Å²) in [5.74, 6) is -0.201. The van der Waals surface area contributed by atoms with Crippen molar-refractivity contribution in [3.8, 4) is 0 Å². The molecule has 0 bridgehead atoms. The first-order chi connectivity index (χ1) is 9.99. The topological polar surface area (TPSA) is 58.4 Å². The molecule has 0 saturated heterocycles. The number of amides is 1. The van der Waals surface area contributed by atoms with Gasteiger partial charge in [-0.1, -0.05) is 31.5 Å². The molecular formula is C16H26ClN3O. The molecule has 3 N–H and O–H groups in total. The third-order valence-electron chi connectivity index (χ3n) is 3.66. The minimum absolute atomic E-state index is 0.101. The van der Waals surface area contributed by atoms with E-state index in [2.05, 4.69) is 24.1 Å². The van der Waals surface area contributed by atoms with Gasteiger partial charge in [0.15, 0.2) is 0 Å². The summed E-state index contributed by atoms with van der Waals surface area (Å²) in [4.78, 5) is 14.6. The van der Waals surface area contributed by atoms with Crippen molar-refractivity contribution in [2.45, 2.75) is 39.7 Å². The predicted octanol–water partition coefficient (Wildman–Crippen LogP) is 3.16. The van der Waals surface area contributed by atoms with Gasteiger partial charge in [0.05, 0.1) is 10.6 Å². The highest BCUT2D eigenvalue weighted by atomic mass is 35.5. The van der Waals surface area contributed by atoms with E-state index in [0.717, 1.165) is 32.5 Å². The van der Waals surface area contributed by atoms with E-state index in [9.17, 15) is 4.79 Å². The normalized spacial score (nSPS) is 12.4. The van der Waals surface area contributed by atoms with E-state index < -0.39 is 0 Å². The third-order valence-corrected chi connectivity index (χ3v) is 3.97. The molecule has 118 valence electrons. The zero-order chi connectivity index (χ0) is 15.8. The van der Waals surface area contributed by atoms with E-state index in [4.69, 9.17) is 17.3 Å². The number of hydrogen-bond acceptors (Lipinski definition) is 3. The zero-order valence-electron chi connectivity index (χ0n) is 13.2. The molecular weight excluding hydrogens is 286 g/mol. The van der Waals surface area contributed by atoms with Crippen molar-refractivity contribution in [2.75, 3.05) is 25.4 Å².